The zero-order chi connectivity index (χ0) is 13.7. The summed E-state index contributed by atoms with van der Waals surface area (Å²) in [5.74, 6) is 0.577. The lowest BCUT2D eigenvalue weighted by molar-refractivity contribution is 0.0851. The molecule has 1 aromatic heterocycles. The van der Waals surface area contributed by atoms with Crippen molar-refractivity contribution in [1.82, 2.24) is 15.5 Å². The second kappa shape index (κ2) is 6.77. The maximum absolute atomic E-state index is 5.39. The van der Waals surface area contributed by atoms with Crippen LogP contribution in [-0.2, 0) is 11.2 Å². The summed E-state index contributed by atoms with van der Waals surface area (Å²) in [6.07, 6.45) is 4.35. The van der Waals surface area contributed by atoms with E-state index >= 15 is 0 Å². The lowest BCUT2D eigenvalue weighted by Crippen LogP contribution is -2.36. The van der Waals surface area contributed by atoms with Gasteiger partial charge >= 0.3 is 0 Å². The van der Waals surface area contributed by atoms with Gasteiger partial charge in [-0.05, 0) is 46.6 Å². The van der Waals surface area contributed by atoms with Crippen molar-refractivity contribution in [3.05, 3.63) is 10.0 Å². The quantitative estimate of drug-likeness (QED) is 0.844. The number of aryl methyl sites for hydroxylation is 1. The van der Waals surface area contributed by atoms with Crippen LogP contribution in [0.2, 0.25) is 0 Å². The average Bonchev–Trinajstić information content (AvgIpc) is 2.83. The molecule has 0 saturated carbocycles. The van der Waals surface area contributed by atoms with Crippen molar-refractivity contribution < 1.29 is 4.74 Å². The topological polar surface area (TPSA) is 47.0 Å². The largest absolute Gasteiger partial charge is 0.381 e. The summed E-state index contributed by atoms with van der Waals surface area (Å²) in [4.78, 5) is 0. The molecule has 108 valence electrons. The van der Waals surface area contributed by atoms with E-state index in [1.165, 1.54) is 10.0 Å². The molecule has 2 heterocycles. The second-order valence-electron chi connectivity index (χ2n) is 6.20. The van der Waals surface area contributed by atoms with Crippen molar-refractivity contribution in [2.75, 3.05) is 19.8 Å². The van der Waals surface area contributed by atoms with Crippen LogP contribution < -0.4 is 5.32 Å². The molecule has 0 atom stereocenters. The molecule has 0 unspecified atom stereocenters. The van der Waals surface area contributed by atoms with Gasteiger partial charge in [-0.3, -0.25) is 0 Å². The van der Waals surface area contributed by atoms with Gasteiger partial charge in [-0.25, -0.2) is 0 Å². The molecule has 0 radical (unpaired) electrons. The molecule has 1 aliphatic rings. The molecule has 5 heteroatoms. The number of hydrogen-bond acceptors (Lipinski definition) is 5. The molecule has 19 heavy (non-hydrogen) atoms. The molecule has 0 aliphatic carbocycles. The highest BCUT2D eigenvalue weighted by atomic mass is 32.1. The van der Waals surface area contributed by atoms with Crippen LogP contribution in [0, 0.1) is 0 Å². The van der Waals surface area contributed by atoms with Crippen LogP contribution in [-0.4, -0.2) is 35.5 Å². The van der Waals surface area contributed by atoms with Crippen molar-refractivity contribution >= 4 is 11.3 Å². The van der Waals surface area contributed by atoms with Crippen LogP contribution in [0.1, 0.15) is 56.0 Å². The predicted octanol–water partition coefficient (Wildman–Crippen LogP) is 2.75. The molecule has 0 bridgehead atoms. The van der Waals surface area contributed by atoms with Crippen molar-refractivity contribution in [2.45, 2.75) is 57.9 Å². The van der Waals surface area contributed by atoms with Crippen molar-refractivity contribution in [1.29, 1.82) is 0 Å². The fourth-order valence-corrected chi connectivity index (χ4v) is 3.23. The number of hydrogen-bond donors (Lipinski definition) is 1. The molecule has 1 fully saturated rings. The van der Waals surface area contributed by atoms with Gasteiger partial charge in [0.05, 0.1) is 0 Å². The van der Waals surface area contributed by atoms with Crippen LogP contribution >= 0.6 is 11.3 Å². The molecule has 1 saturated heterocycles. The number of ether oxygens (including phenoxy) is 1. The van der Waals surface area contributed by atoms with E-state index in [2.05, 4.69) is 36.3 Å². The Balaban J connectivity index is 1.74. The van der Waals surface area contributed by atoms with E-state index in [9.17, 15) is 0 Å². The Morgan fingerprint density at radius 3 is 2.68 bits per heavy atom. The van der Waals surface area contributed by atoms with Crippen molar-refractivity contribution in [3.8, 4) is 0 Å². The Morgan fingerprint density at radius 2 is 2.00 bits per heavy atom. The lowest BCUT2D eigenvalue weighted by Gasteiger charge is -2.20. The van der Waals surface area contributed by atoms with Crippen LogP contribution in [0.5, 0.6) is 0 Å². The Kier molecular flexibility index (Phi) is 5.30. The van der Waals surface area contributed by atoms with E-state index in [1.807, 2.05) is 0 Å². The van der Waals surface area contributed by atoms with Gasteiger partial charge in [0.15, 0.2) is 0 Å². The van der Waals surface area contributed by atoms with Gasteiger partial charge in [0.1, 0.15) is 10.0 Å². The normalized spacial score (nSPS) is 17.8. The minimum absolute atomic E-state index is 0.203. The minimum Gasteiger partial charge on any atom is -0.381 e. The molecule has 0 amide bonds. The zero-order valence-corrected chi connectivity index (χ0v) is 13.1. The lowest BCUT2D eigenvalue weighted by atomic mass is 10.0. The first-order chi connectivity index (χ1) is 9.04. The monoisotopic (exact) mass is 283 g/mol. The maximum atomic E-state index is 5.39. The third-order valence-electron chi connectivity index (χ3n) is 3.28. The number of nitrogens with zero attached hydrogens (tertiary/aromatic N) is 2. The standard InChI is InChI=1S/C14H25N3OS/c1-14(2,3)15-8-4-5-12-16-17-13(19-12)11-6-9-18-10-7-11/h11,15H,4-10H2,1-3H3. The number of rotatable bonds is 5. The van der Waals surface area contributed by atoms with E-state index in [1.54, 1.807) is 11.3 Å². The van der Waals surface area contributed by atoms with Crippen LogP contribution in [0.3, 0.4) is 0 Å². The van der Waals surface area contributed by atoms with Crippen molar-refractivity contribution in [2.24, 2.45) is 0 Å². The van der Waals surface area contributed by atoms with E-state index in [4.69, 9.17) is 4.74 Å². The summed E-state index contributed by atoms with van der Waals surface area (Å²) >= 11 is 1.79. The Bertz CT molecular complexity index is 380. The third kappa shape index (κ3) is 5.16. The Morgan fingerprint density at radius 1 is 1.26 bits per heavy atom. The Labute approximate surface area is 120 Å². The van der Waals surface area contributed by atoms with E-state index < -0.39 is 0 Å². The van der Waals surface area contributed by atoms with Gasteiger partial charge in [0, 0.05) is 31.1 Å². The van der Waals surface area contributed by atoms with E-state index in [0.717, 1.165) is 45.4 Å². The van der Waals surface area contributed by atoms with Crippen LogP contribution in [0.4, 0.5) is 0 Å². The van der Waals surface area contributed by atoms with Gasteiger partial charge in [-0.2, -0.15) is 0 Å². The average molecular weight is 283 g/mol. The second-order valence-corrected chi connectivity index (χ2v) is 7.29. The number of nitrogens with one attached hydrogen (secondary N) is 1. The highest BCUT2D eigenvalue weighted by molar-refractivity contribution is 7.11. The van der Waals surface area contributed by atoms with Crippen LogP contribution in [0.15, 0.2) is 0 Å². The zero-order valence-electron chi connectivity index (χ0n) is 12.2. The molecular weight excluding hydrogens is 258 g/mol. The molecule has 0 aromatic carbocycles. The van der Waals surface area contributed by atoms with Gasteiger partial charge in [-0.1, -0.05) is 0 Å². The summed E-state index contributed by atoms with van der Waals surface area (Å²) < 4.78 is 5.39. The first-order valence-corrected chi connectivity index (χ1v) is 8.01. The van der Waals surface area contributed by atoms with Gasteiger partial charge < -0.3 is 10.1 Å². The predicted molar refractivity (Wildman–Crippen MR) is 78.8 cm³/mol. The van der Waals surface area contributed by atoms with E-state index in [-0.39, 0.29) is 5.54 Å². The molecule has 2 rings (SSSR count). The van der Waals surface area contributed by atoms with E-state index in [0.29, 0.717) is 5.92 Å². The van der Waals surface area contributed by atoms with Crippen molar-refractivity contribution in [3.63, 3.8) is 0 Å². The van der Waals surface area contributed by atoms with Gasteiger partial charge in [-0.15, -0.1) is 21.5 Å². The smallest absolute Gasteiger partial charge is 0.120 e. The minimum atomic E-state index is 0.203. The SMILES string of the molecule is CC(C)(C)NCCCc1nnc(C2CCOCC2)s1. The highest BCUT2D eigenvalue weighted by Crippen LogP contribution is 2.29. The summed E-state index contributed by atoms with van der Waals surface area (Å²) in [6, 6.07) is 0. The molecule has 1 aliphatic heterocycles. The molecule has 0 spiro atoms. The fourth-order valence-electron chi connectivity index (χ4n) is 2.18. The summed E-state index contributed by atoms with van der Waals surface area (Å²) in [5.41, 5.74) is 0.203. The molecule has 1 aromatic rings. The van der Waals surface area contributed by atoms with Gasteiger partial charge in [0.2, 0.25) is 0 Å². The first kappa shape index (κ1) is 14.9. The first-order valence-electron chi connectivity index (χ1n) is 7.20. The highest BCUT2D eigenvalue weighted by Gasteiger charge is 2.19. The third-order valence-corrected chi connectivity index (χ3v) is 4.42. The van der Waals surface area contributed by atoms with Crippen LogP contribution in [0.25, 0.3) is 0 Å². The number of aromatic nitrogens is 2. The Hall–Kier alpha value is -0.520. The maximum Gasteiger partial charge on any atom is 0.120 e. The summed E-state index contributed by atoms with van der Waals surface area (Å²) in [5, 5.41) is 14.6. The van der Waals surface area contributed by atoms with Gasteiger partial charge in [0.25, 0.3) is 0 Å². The molecule has 4 nitrogen and oxygen atoms in total. The fraction of sp³-hybridized carbons (Fsp3) is 0.857. The summed E-state index contributed by atoms with van der Waals surface area (Å²) in [7, 11) is 0. The molecule has 1 N–H and O–H groups in total. The summed E-state index contributed by atoms with van der Waals surface area (Å²) in [6.45, 7) is 9.36. The molecular formula is C14H25N3OS.